The highest BCUT2D eigenvalue weighted by molar-refractivity contribution is 7.89. The van der Waals surface area contributed by atoms with E-state index >= 15 is 0 Å². The molecule has 0 aliphatic heterocycles. The number of hydrogen-bond acceptors (Lipinski definition) is 5. The summed E-state index contributed by atoms with van der Waals surface area (Å²) in [7, 11) is -3.96. The number of carboxylic acid groups (broad SMARTS) is 1. The molecule has 0 fully saturated rings. The van der Waals surface area contributed by atoms with E-state index in [-0.39, 0.29) is 4.90 Å². The number of hydrogen-bond donors (Lipinski definition) is 2. The zero-order chi connectivity index (χ0) is 24.3. The lowest BCUT2D eigenvalue weighted by Gasteiger charge is -2.18. The van der Waals surface area contributed by atoms with Gasteiger partial charge in [0.05, 0.1) is 10.4 Å². The highest BCUT2D eigenvalue weighted by Crippen LogP contribution is 2.27. The molecule has 0 amide bonds. The molecule has 0 saturated carbocycles. The molecule has 4 aromatic rings. The van der Waals surface area contributed by atoms with Gasteiger partial charge < -0.3 is 9.84 Å². The first-order chi connectivity index (χ1) is 16.2. The highest BCUT2D eigenvalue weighted by Gasteiger charge is 2.27. The first kappa shape index (κ1) is 23.4. The fourth-order valence-corrected chi connectivity index (χ4v) is 4.81. The Morgan fingerprint density at radius 2 is 1.50 bits per heavy atom. The quantitative estimate of drug-likeness (QED) is 0.367. The van der Waals surface area contributed by atoms with Crippen LogP contribution < -0.4 is 9.46 Å². The second-order valence-electron chi connectivity index (χ2n) is 8.17. The number of benzene rings is 3. The summed E-state index contributed by atoms with van der Waals surface area (Å²) >= 11 is 0. The van der Waals surface area contributed by atoms with Crippen LogP contribution in [0.25, 0.3) is 22.0 Å². The number of nitrogens with zero attached hydrogens (tertiary/aromatic N) is 1. The third-order valence-corrected chi connectivity index (χ3v) is 6.82. The molecule has 34 heavy (non-hydrogen) atoms. The Morgan fingerprint density at radius 1 is 0.882 bits per heavy atom. The molecule has 0 radical (unpaired) electrons. The zero-order valence-corrected chi connectivity index (χ0v) is 19.5. The zero-order valence-electron chi connectivity index (χ0n) is 18.7. The predicted molar refractivity (Wildman–Crippen MR) is 130 cm³/mol. The summed E-state index contributed by atoms with van der Waals surface area (Å²) in [5, 5.41) is 10.3. The Labute approximate surface area is 198 Å². The Morgan fingerprint density at radius 3 is 2.12 bits per heavy atom. The summed E-state index contributed by atoms with van der Waals surface area (Å²) in [5.41, 5.74) is 2.54. The van der Waals surface area contributed by atoms with Crippen molar-refractivity contribution in [2.24, 2.45) is 5.92 Å². The maximum Gasteiger partial charge on any atom is 0.322 e. The van der Waals surface area contributed by atoms with E-state index in [0.29, 0.717) is 11.6 Å². The van der Waals surface area contributed by atoms with Gasteiger partial charge in [-0.3, -0.25) is 4.79 Å². The standard InChI is InChI=1S/C26H24N2O5S/c1-17(2)25(26(29)30)28-34(31,32)22-14-9-19(10-15-22)18-7-12-21(13-8-18)33-24-16-11-20-5-3-4-6-23(20)27-24/h3-17,25,28H,1-2H3,(H,29,30). The molecule has 0 spiro atoms. The van der Waals surface area contributed by atoms with Gasteiger partial charge in [0.15, 0.2) is 0 Å². The minimum Gasteiger partial charge on any atom is -0.480 e. The van der Waals surface area contributed by atoms with Gasteiger partial charge in [-0.05, 0) is 53.4 Å². The number of fused-ring (bicyclic) bond motifs is 1. The molecule has 1 atom stereocenters. The number of carboxylic acids is 1. The van der Waals surface area contributed by atoms with E-state index in [9.17, 15) is 18.3 Å². The molecule has 0 aliphatic rings. The largest absolute Gasteiger partial charge is 0.480 e. The number of para-hydroxylation sites is 1. The second kappa shape index (κ2) is 9.62. The topological polar surface area (TPSA) is 106 Å². The lowest BCUT2D eigenvalue weighted by Crippen LogP contribution is -2.44. The first-order valence-electron chi connectivity index (χ1n) is 10.7. The first-order valence-corrected chi connectivity index (χ1v) is 12.2. The van der Waals surface area contributed by atoms with Gasteiger partial charge >= 0.3 is 5.97 Å². The van der Waals surface area contributed by atoms with E-state index in [4.69, 9.17) is 4.74 Å². The molecule has 0 saturated heterocycles. The minimum atomic E-state index is -3.96. The van der Waals surface area contributed by atoms with Crippen molar-refractivity contribution in [2.75, 3.05) is 0 Å². The van der Waals surface area contributed by atoms with Crippen molar-refractivity contribution in [3.05, 3.63) is 84.9 Å². The van der Waals surface area contributed by atoms with Gasteiger partial charge in [0, 0.05) is 11.5 Å². The van der Waals surface area contributed by atoms with E-state index in [2.05, 4.69) is 9.71 Å². The summed E-state index contributed by atoms with van der Waals surface area (Å²) in [6.45, 7) is 3.29. The molecule has 0 bridgehead atoms. The predicted octanol–water partition coefficient (Wildman–Crippen LogP) is 5.08. The Kier molecular flexibility index (Phi) is 6.63. The molecule has 1 aromatic heterocycles. The van der Waals surface area contributed by atoms with Gasteiger partial charge in [0.25, 0.3) is 0 Å². The Balaban J connectivity index is 1.48. The van der Waals surface area contributed by atoms with Crippen LogP contribution in [0.2, 0.25) is 0 Å². The summed E-state index contributed by atoms with van der Waals surface area (Å²) in [4.78, 5) is 15.9. The Hall–Kier alpha value is -3.75. The molecule has 4 rings (SSSR count). The van der Waals surface area contributed by atoms with E-state index in [1.54, 1.807) is 26.0 Å². The normalized spacial score (nSPS) is 12.6. The van der Waals surface area contributed by atoms with Crippen molar-refractivity contribution in [1.29, 1.82) is 0 Å². The van der Waals surface area contributed by atoms with Gasteiger partial charge in [-0.25, -0.2) is 13.4 Å². The lowest BCUT2D eigenvalue weighted by atomic mass is 10.1. The molecule has 174 valence electrons. The molecule has 0 aliphatic carbocycles. The minimum absolute atomic E-state index is 0.00508. The van der Waals surface area contributed by atoms with Crippen LogP contribution in [0.4, 0.5) is 0 Å². The molecular formula is C26H24N2O5S. The fraction of sp³-hybridized carbons (Fsp3) is 0.154. The smallest absolute Gasteiger partial charge is 0.322 e. The van der Waals surface area contributed by atoms with E-state index < -0.39 is 28.0 Å². The van der Waals surface area contributed by atoms with Crippen LogP contribution in [0.3, 0.4) is 0 Å². The maximum absolute atomic E-state index is 12.6. The number of aliphatic carboxylic acids is 1. The number of sulfonamides is 1. The van der Waals surface area contributed by atoms with Crippen molar-refractivity contribution in [2.45, 2.75) is 24.8 Å². The lowest BCUT2D eigenvalue weighted by molar-refractivity contribution is -0.140. The van der Waals surface area contributed by atoms with Crippen LogP contribution in [0.15, 0.2) is 89.8 Å². The van der Waals surface area contributed by atoms with Crippen LogP contribution in [-0.2, 0) is 14.8 Å². The number of carbonyl (C=O) groups is 1. The molecule has 1 heterocycles. The maximum atomic E-state index is 12.6. The average molecular weight is 477 g/mol. The van der Waals surface area contributed by atoms with Crippen molar-refractivity contribution < 1.29 is 23.1 Å². The van der Waals surface area contributed by atoms with E-state index in [1.165, 1.54) is 12.1 Å². The van der Waals surface area contributed by atoms with Crippen molar-refractivity contribution >= 4 is 26.9 Å². The SMILES string of the molecule is CC(C)C(NS(=O)(=O)c1ccc(-c2ccc(Oc3ccc4ccccc4n3)cc2)cc1)C(=O)O. The fourth-order valence-electron chi connectivity index (χ4n) is 3.47. The van der Waals surface area contributed by atoms with Crippen molar-refractivity contribution in [1.82, 2.24) is 9.71 Å². The van der Waals surface area contributed by atoms with Gasteiger partial charge in [-0.15, -0.1) is 0 Å². The third kappa shape index (κ3) is 5.24. The van der Waals surface area contributed by atoms with Crippen molar-refractivity contribution in [3.63, 3.8) is 0 Å². The number of rotatable bonds is 8. The molecule has 8 heteroatoms. The van der Waals surface area contributed by atoms with Crippen LogP contribution in [0.1, 0.15) is 13.8 Å². The van der Waals surface area contributed by atoms with E-state index in [0.717, 1.165) is 22.0 Å². The van der Waals surface area contributed by atoms with Crippen LogP contribution in [0, 0.1) is 5.92 Å². The van der Waals surface area contributed by atoms with Gasteiger partial charge in [0.1, 0.15) is 11.8 Å². The van der Waals surface area contributed by atoms with Crippen LogP contribution in [0.5, 0.6) is 11.6 Å². The van der Waals surface area contributed by atoms with Crippen molar-refractivity contribution in [3.8, 4) is 22.8 Å². The average Bonchev–Trinajstić information content (AvgIpc) is 2.83. The number of pyridine rings is 1. The van der Waals surface area contributed by atoms with Gasteiger partial charge in [-0.2, -0.15) is 4.72 Å². The van der Waals surface area contributed by atoms with Crippen LogP contribution in [-0.4, -0.2) is 30.5 Å². The molecule has 7 nitrogen and oxygen atoms in total. The molecule has 1 unspecified atom stereocenters. The summed E-state index contributed by atoms with van der Waals surface area (Å²) in [6, 6.07) is 24.0. The molecular weight excluding hydrogens is 452 g/mol. The van der Waals surface area contributed by atoms with Gasteiger partial charge in [-0.1, -0.05) is 56.3 Å². The van der Waals surface area contributed by atoms with Gasteiger partial charge in [0.2, 0.25) is 15.9 Å². The van der Waals surface area contributed by atoms with Crippen LogP contribution >= 0.6 is 0 Å². The molecule has 3 aromatic carbocycles. The number of aromatic nitrogens is 1. The summed E-state index contributed by atoms with van der Waals surface area (Å²) in [5.74, 6) is -0.480. The number of ether oxygens (including phenoxy) is 1. The number of nitrogens with one attached hydrogen (secondary N) is 1. The molecule has 2 N–H and O–H groups in total. The highest BCUT2D eigenvalue weighted by atomic mass is 32.2. The summed E-state index contributed by atoms with van der Waals surface area (Å²) in [6.07, 6.45) is 0. The second-order valence-corrected chi connectivity index (χ2v) is 9.89. The third-order valence-electron chi connectivity index (χ3n) is 5.36. The monoisotopic (exact) mass is 476 g/mol. The summed E-state index contributed by atoms with van der Waals surface area (Å²) < 4.78 is 33.3. The Bertz CT molecular complexity index is 1420. The van der Waals surface area contributed by atoms with E-state index in [1.807, 2.05) is 60.7 Å².